The lowest BCUT2D eigenvalue weighted by molar-refractivity contribution is -0.137. The minimum absolute atomic E-state index is 0.0541. The van der Waals surface area contributed by atoms with Crippen LogP contribution in [0.3, 0.4) is 0 Å². The van der Waals surface area contributed by atoms with Gasteiger partial charge in [-0.1, -0.05) is 73.3 Å². The fourth-order valence-corrected chi connectivity index (χ4v) is 5.07. The molecule has 0 saturated carbocycles. The number of rotatable bonds is 10. The van der Waals surface area contributed by atoms with Crippen molar-refractivity contribution in [2.24, 2.45) is 0 Å². The van der Waals surface area contributed by atoms with Gasteiger partial charge in [0.05, 0.1) is 0 Å². The van der Waals surface area contributed by atoms with Crippen LogP contribution in [0.5, 0.6) is 5.75 Å². The first-order valence-corrected chi connectivity index (χ1v) is 13.3. The molecule has 6 nitrogen and oxygen atoms in total. The maximum Gasteiger partial charge on any atom is 0.322 e. The van der Waals surface area contributed by atoms with E-state index in [1.165, 1.54) is 16.3 Å². The maximum atomic E-state index is 12.8. The fourth-order valence-electron chi connectivity index (χ4n) is 5.07. The maximum absolute atomic E-state index is 12.8. The van der Waals surface area contributed by atoms with Crippen LogP contribution in [-0.2, 0) is 9.59 Å². The summed E-state index contributed by atoms with van der Waals surface area (Å²) in [4.78, 5) is 23.8. The Morgan fingerprint density at radius 3 is 2.59 bits per heavy atom. The van der Waals surface area contributed by atoms with Crippen molar-refractivity contribution in [3.63, 3.8) is 0 Å². The van der Waals surface area contributed by atoms with Crippen molar-refractivity contribution >= 4 is 22.6 Å². The number of carboxylic acid groups (broad SMARTS) is 1. The number of hydrogen-bond donors (Lipinski definition) is 3. The molecule has 0 spiro atoms. The lowest BCUT2D eigenvalue weighted by atomic mass is 9.83. The molecule has 0 saturated heterocycles. The van der Waals surface area contributed by atoms with E-state index in [4.69, 9.17) is 9.84 Å². The Morgan fingerprint density at radius 2 is 1.82 bits per heavy atom. The molecule has 3 aromatic carbocycles. The topological polar surface area (TPSA) is 87.7 Å². The minimum Gasteiger partial charge on any atom is -0.489 e. The number of benzene rings is 3. The van der Waals surface area contributed by atoms with Gasteiger partial charge in [-0.05, 0) is 66.8 Å². The summed E-state index contributed by atoms with van der Waals surface area (Å²) in [6.07, 6.45) is 4.21. The van der Waals surface area contributed by atoms with Crippen LogP contribution in [0, 0.1) is 0 Å². The third-order valence-electron chi connectivity index (χ3n) is 7.31. The Labute approximate surface area is 230 Å². The minimum atomic E-state index is -1.09. The molecule has 1 aliphatic rings. The van der Waals surface area contributed by atoms with Gasteiger partial charge in [0.1, 0.15) is 18.4 Å². The Morgan fingerprint density at radius 1 is 1.10 bits per heavy atom. The average molecular weight is 525 g/mol. The van der Waals surface area contributed by atoms with Crippen molar-refractivity contribution in [2.45, 2.75) is 45.3 Å². The Kier molecular flexibility index (Phi) is 8.99. The van der Waals surface area contributed by atoms with Gasteiger partial charge >= 0.3 is 5.97 Å². The largest absolute Gasteiger partial charge is 0.489 e. The molecule has 4 rings (SSSR count). The van der Waals surface area contributed by atoms with Gasteiger partial charge in [-0.2, -0.15) is 0 Å². The van der Waals surface area contributed by atoms with Crippen molar-refractivity contribution < 1.29 is 19.4 Å². The number of fused-ring (bicyclic) bond motifs is 2. The van der Waals surface area contributed by atoms with Crippen LogP contribution in [0.1, 0.15) is 50.3 Å². The molecule has 3 aromatic rings. The van der Waals surface area contributed by atoms with Gasteiger partial charge in [-0.15, -0.1) is 0 Å². The molecule has 0 aromatic heterocycles. The Balaban J connectivity index is 1.54. The third-order valence-corrected chi connectivity index (χ3v) is 7.31. The SMILES string of the molecule is C=C(/C=C(C(=O)NCC(=O)O)\C(C)=C/C)[C@@H]1C[C@H](CN[C@H](C)c2cccc3ccccc23)Oc2ccccc21. The highest BCUT2D eigenvalue weighted by Crippen LogP contribution is 2.41. The molecule has 202 valence electrons. The van der Waals surface area contributed by atoms with Crippen molar-refractivity contribution in [3.05, 3.63) is 113 Å². The molecule has 1 heterocycles. The third kappa shape index (κ3) is 6.65. The summed E-state index contributed by atoms with van der Waals surface area (Å²) in [6, 6.07) is 22.8. The second-order valence-corrected chi connectivity index (χ2v) is 9.95. The molecular formula is C33H36N2O4. The quantitative estimate of drug-likeness (QED) is 0.221. The van der Waals surface area contributed by atoms with E-state index in [1.807, 2.05) is 44.2 Å². The van der Waals surface area contributed by atoms with E-state index in [1.54, 1.807) is 6.08 Å². The Bertz CT molecular complexity index is 1430. The summed E-state index contributed by atoms with van der Waals surface area (Å²) >= 11 is 0. The highest BCUT2D eigenvalue weighted by Gasteiger charge is 2.30. The van der Waals surface area contributed by atoms with Gasteiger partial charge in [-0.25, -0.2) is 0 Å². The molecular weight excluding hydrogens is 488 g/mol. The van der Waals surface area contributed by atoms with Gasteiger partial charge in [0.2, 0.25) is 0 Å². The van der Waals surface area contributed by atoms with Crippen LogP contribution in [-0.4, -0.2) is 36.2 Å². The standard InChI is InChI=1S/C33H36N2O4/c1-5-21(2)30(33(38)35-20-32(36)37)17-22(3)29-18-25(39-31-16-9-8-14-28(29)31)19-34-23(4)26-15-10-12-24-11-6-7-13-27(24)26/h5-17,23,25,29,34H,3,18-20H2,1-2,4H3,(H,35,38)(H,36,37)/b21-5-,30-17+/t23-,25-,29+/m1/s1. The normalized spacial score (nSPS) is 18.1. The van der Waals surface area contributed by atoms with Crippen LogP contribution >= 0.6 is 0 Å². The zero-order chi connectivity index (χ0) is 27.9. The molecule has 0 fully saturated rings. The second-order valence-electron chi connectivity index (χ2n) is 9.95. The molecule has 0 bridgehead atoms. The number of ether oxygens (including phenoxy) is 1. The van der Waals surface area contributed by atoms with Gasteiger partial charge in [0.15, 0.2) is 0 Å². The lowest BCUT2D eigenvalue weighted by Gasteiger charge is -2.34. The highest BCUT2D eigenvalue weighted by atomic mass is 16.5. The predicted molar refractivity (Wildman–Crippen MR) is 156 cm³/mol. The summed E-state index contributed by atoms with van der Waals surface area (Å²) in [6.45, 7) is 10.4. The van der Waals surface area contributed by atoms with E-state index in [0.717, 1.165) is 22.5 Å². The first-order chi connectivity index (χ1) is 18.8. The van der Waals surface area contributed by atoms with Crippen LogP contribution in [0.15, 0.2) is 102 Å². The molecule has 1 aliphatic heterocycles. The number of hydrogen-bond acceptors (Lipinski definition) is 4. The van der Waals surface area contributed by atoms with E-state index in [9.17, 15) is 9.59 Å². The molecule has 39 heavy (non-hydrogen) atoms. The van der Waals surface area contributed by atoms with Crippen LogP contribution in [0.2, 0.25) is 0 Å². The van der Waals surface area contributed by atoms with E-state index >= 15 is 0 Å². The second kappa shape index (κ2) is 12.6. The predicted octanol–water partition coefficient (Wildman–Crippen LogP) is 6.07. The van der Waals surface area contributed by atoms with Crippen LogP contribution in [0.25, 0.3) is 10.8 Å². The van der Waals surface area contributed by atoms with Gasteiger partial charge in [0, 0.05) is 29.6 Å². The fraction of sp³-hybridized carbons (Fsp3) is 0.273. The number of aliphatic carboxylic acids is 1. The molecule has 6 heteroatoms. The summed E-state index contributed by atoms with van der Waals surface area (Å²) in [5.41, 5.74) is 4.21. The summed E-state index contributed by atoms with van der Waals surface area (Å²) in [5, 5.41) is 17.6. The summed E-state index contributed by atoms with van der Waals surface area (Å²) < 4.78 is 6.39. The monoisotopic (exact) mass is 524 g/mol. The number of para-hydroxylation sites is 1. The summed E-state index contributed by atoms with van der Waals surface area (Å²) in [7, 11) is 0. The van der Waals surface area contributed by atoms with Crippen molar-refractivity contribution in [2.75, 3.05) is 13.1 Å². The first kappa shape index (κ1) is 27.9. The molecule has 0 radical (unpaired) electrons. The van der Waals surface area contributed by atoms with Crippen LogP contribution in [0.4, 0.5) is 0 Å². The van der Waals surface area contributed by atoms with Crippen molar-refractivity contribution in [3.8, 4) is 5.75 Å². The molecule has 1 amide bonds. The van der Waals surface area contributed by atoms with E-state index in [0.29, 0.717) is 18.5 Å². The van der Waals surface area contributed by atoms with Gasteiger partial charge < -0.3 is 20.5 Å². The number of carboxylic acids is 1. The van der Waals surface area contributed by atoms with E-state index < -0.39 is 18.4 Å². The van der Waals surface area contributed by atoms with Crippen molar-refractivity contribution in [1.82, 2.24) is 10.6 Å². The number of carbonyl (C=O) groups is 2. The molecule has 3 N–H and O–H groups in total. The molecule has 0 unspecified atom stereocenters. The number of allylic oxidation sites excluding steroid dienone is 3. The summed E-state index contributed by atoms with van der Waals surface area (Å²) in [5.74, 6) is -0.767. The average Bonchev–Trinajstić information content (AvgIpc) is 2.96. The molecule has 3 atom stereocenters. The van der Waals surface area contributed by atoms with Gasteiger partial charge in [0.25, 0.3) is 5.91 Å². The van der Waals surface area contributed by atoms with E-state index in [2.05, 4.69) is 66.6 Å². The smallest absolute Gasteiger partial charge is 0.322 e. The van der Waals surface area contributed by atoms with Crippen molar-refractivity contribution in [1.29, 1.82) is 0 Å². The van der Waals surface area contributed by atoms with E-state index in [-0.39, 0.29) is 18.1 Å². The zero-order valence-corrected chi connectivity index (χ0v) is 22.7. The first-order valence-electron chi connectivity index (χ1n) is 13.3. The highest BCUT2D eigenvalue weighted by molar-refractivity contribution is 5.99. The van der Waals surface area contributed by atoms with Crippen LogP contribution < -0.4 is 15.4 Å². The lowest BCUT2D eigenvalue weighted by Crippen LogP contribution is -2.37. The number of nitrogens with one attached hydrogen (secondary N) is 2. The zero-order valence-electron chi connectivity index (χ0n) is 22.7. The molecule has 0 aliphatic carbocycles. The Hall–Kier alpha value is -4.16. The number of amides is 1. The van der Waals surface area contributed by atoms with Gasteiger partial charge in [-0.3, -0.25) is 9.59 Å². The number of carbonyl (C=O) groups excluding carboxylic acids is 1.